The average molecular weight is 284 g/mol. The summed E-state index contributed by atoms with van der Waals surface area (Å²) in [6.45, 7) is 0.674. The van der Waals surface area contributed by atoms with Crippen LogP contribution in [0, 0.1) is 0 Å². The molecule has 5 nitrogen and oxygen atoms in total. The van der Waals surface area contributed by atoms with Crippen LogP contribution in [-0.2, 0) is 6.54 Å². The highest BCUT2D eigenvalue weighted by Crippen LogP contribution is 2.15. The number of para-hydroxylation sites is 1. The summed E-state index contributed by atoms with van der Waals surface area (Å²) in [7, 11) is 3.59. The van der Waals surface area contributed by atoms with Crippen LogP contribution in [-0.4, -0.2) is 25.0 Å². The second-order valence-corrected chi connectivity index (χ2v) is 4.62. The summed E-state index contributed by atoms with van der Waals surface area (Å²) < 4.78 is 5.23. The standard InChI is InChI=1S/C16H20N4O/c1-20(12-13-7-6-10-15(11-13)21-2)16(19-17)18-14-8-4-3-5-9-14/h3-11H,12,17H2,1-2H3,(H,18,19). The lowest BCUT2D eigenvalue weighted by molar-refractivity contribution is 0.412. The molecule has 0 radical (unpaired) electrons. The van der Waals surface area contributed by atoms with E-state index in [0.717, 1.165) is 17.0 Å². The Kier molecular flexibility index (Phi) is 5.17. The number of guanidine groups is 1. The molecule has 0 fully saturated rings. The molecule has 0 saturated carbocycles. The van der Waals surface area contributed by atoms with E-state index >= 15 is 0 Å². The zero-order valence-electron chi connectivity index (χ0n) is 12.3. The summed E-state index contributed by atoms with van der Waals surface area (Å²) in [6, 6.07) is 17.6. The van der Waals surface area contributed by atoms with E-state index in [1.165, 1.54) is 0 Å². The van der Waals surface area contributed by atoms with Crippen molar-refractivity contribution in [3.05, 3.63) is 60.2 Å². The van der Waals surface area contributed by atoms with E-state index in [0.29, 0.717) is 12.5 Å². The van der Waals surface area contributed by atoms with Gasteiger partial charge in [-0.25, -0.2) is 10.8 Å². The molecule has 5 heteroatoms. The maximum atomic E-state index is 5.58. The van der Waals surface area contributed by atoms with Crippen molar-refractivity contribution in [2.45, 2.75) is 6.54 Å². The van der Waals surface area contributed by atoms with Gasteiger partial charge in [0.15, 0.2) is 0 Å². The monoisotopic (exact) mass is 284 g/mol. The molecule has 0 spiro atoms. The number of nitrogens with zero attached hydrogens (tertiary/aromatic N) is 2. The van der Waals surface area contributed by atoms with Crippen molar-refractivity contribution in [3.63, 3.8) is 0 Å². The van der Waals surface area contributed by atoms with Crippen LogP contribution in [0.3, 0.4) is 0 Å². The molecule has 0 saturated heterocycles. The summed E-state index contributed by atoms with van der Waals surface area (Å²) in [5, 5.41) is 0. The smallest absolute Gasteiger partial charge is 0.213 e. The molecule has 2 rings (SSSR count). The van der Waals surface area contributed by atoms with Crippen LogP contribution in [0.25, 0.3) is 0 Å². The first-order valence-corrected chi connectivity index (χ1v) is 6.67. The normalized spacial score (nSPS) is 11.1. The number of nitrogens with two attached hydrogens (primary N) is 1. The number of hydrazine groups is 1. The fraction of sp³-hybridized carbons (Fsp3) is 0.188. The summed E-state index contributed by atoms with van der Waals surface area (Å²) in [5.74, 6) is 7.02. The SMILES string of the molecule is COc1cccc(CN(C)C(=Nc2ccccc2)NN)c1. The molecule has 2 aromatic carbocycles. The van der Waals surface area contributed by atoms with Crippen LogP contribution in [0.15, 0.2) is 59.6 Å². The van der Waals surface area contributed by atoms with Gasteiger partial charge in [0.1, 0.15) is 5.75 Å². The van der Waals surface area contributed by atoms with Crippen LogP contribution in [0.1, 0.15) is 5.56 Å². The molecular weight excluding hydrogens is 264 g/mol. The van der Waals surface area contributed by atoms with E-state index in [9.17, 15) is 0 Å². The minimum atomic E-state index is 0.601. The van der Waals surface area contributed by atoms with Crippen LogP contribution in [0.2, 0.25) is 0 Å². The lowest BCUT2D eigenvalue weighted by Gasteiger charge is -2.20. The Hall–Kier alpha value is -2.53. The summed E-state index contributed by atoms with van der Waals surface area (Å²) in [5.41, 5.74) is 4.61. The highest BCUT2D eigenvalue weighted by Gasteiger charge is 2.07. The number of benzene rings is 2. The van der Waals surface area contributed by atoms with E-state index in [1.54, 1.807) is 7.11 Å². The van der Waals surface area contributed by atoms with Crippen LogP contribution < -0.4 is 16.0 Å². The van der Waals surface area contributed by atoms with Crippen molar-refractivity contribution in [2.24, 2.45) is 10.8 Å². The molecule has 110 valence electrons. The number of hydrogen-bond donors (Lipinski definition) is 2. The van der Waals surface area contributed by atoms with E-state index in [4.69, 9.17) is 10.6 Å². The lowest BCUT2D eigenvalue weighted by atomic mass is 10.2. The first kappa shape index (κ1) is 14.9. The average Bonchev–Trinajstić information content (AvgIpc) is 2.53. The zero-order valence-corrected chi connectivity index (χ0v) is 12.3. The molecule has 0 heterocycles. The highest BCUT2D eigenvalue weighted by atomic mass is 16.5. The van der Waals surface area contributed by atoms with Gasteiger partial charge in [0, 0.05) is 13.6 Å². The van der Waals surface area contributed by atoms with Crippen molar-refractivity contribution in [1.82, 2.24) is 10.3 Å². The number of hydrogen-bond acceptors (Lipinski definition) is 3. The Morgan fingerprint density at radius 1 is 1.19 bits per heavy atom. The van der Waals surface area contributed by atoms with Gasteiger partial charge in [0.2, 0.25) is 5.96 Å². The van der Waals surface area contributed by atoms with Gasteiger partial charge in [-0.3, -0.25) is 5.43 Å². The van der Waals surface area contributed by atoms with Crippen molar-refractivity contribution in [3.8, 4) is 5.75 Å². The number of rotatable bonds is 4. The molecule has 0 aliphatic rings. The van der Waals surface area contributed by atoms with Gasteiger partial charge >= 0.3 is 0 Å². The van der Waals surface area contributed by atoms with Gasteiger partial charge in [0.25, 0.3) is 0 Å². The predicted octanol–water partition coefficient (Wildman–Crippen LogP) is 2.28. The molecule has 0 aliphatic carbocycles. The van der Waals surface area contributed by atoms with E-state index in [-0.39, 0.29) is 0 Å². The number of aliphatic imine (C=N–C) groups is 1. The fourth-order valence-corrected chi connectivity index (χ4v) is 1.97. The van der Waals surface area contributed by atoms with Crippen LogP contribution in [0.4, 0.5) is 5.69 Å². The first-order chi connectivity index (χ1) is 10.2. The fourth-order valence-electron chi connectivity index (χ4n) is 1.97. The number of methoxy groups -OCH3 is 1. The molecule has 3 N–H and O–H groups in total. The molecule has 0 amide bonds. The zero-order chi connectivity index (χ0) is 15.1. The van der Waals surface area contributed by atoms with Gasteiger partial charge in [-0.1, -0.05) is 30.3 Å². The Morgan fingerprint density at radius 3 is 2.62 bits per heavy atom. The van der Waals surface area contributed by atoms with Gasteiger partial charge in [-0.2, -0.15) is 0 Å². The summed E-state index contributed by atoms with van der Waals surface area (Å²) in [6.07, 6.45) is 0. The topological polar surface area (TPSA) is 62.9 Å². The molecule has 0 bridgehead atoms. The maximum absolute atomic E-state index is 5.58. The van der Waals surface area contributed by atoms with Crippen LogP contribution in [0.5, 0.6) is 5.75 Å². The van der Waals surface area contributed by atoms with Crippen molar-refractivity contribution in [1.29, 1.82) is 0 Å². The minimum Gasteiger partial charge on any atom is -0.497 e. The van der Waals surface area contributed by atoms with Crippen molar-refractivity contribution >= 4 is 11.6 Å². The molecule has 2 aromatic rings. The molecule has 0 unspecified atom stereocenters. The largest absolute Gasteiger partial charge is 0.497 e. The van der Waals surface area contributed by atoms with Gasteiger partial charge in [-0.05, 0) is 29.8 Å². The molecule has 0 aliphatic heterocycles. The van der Waals surface area contributed by atoms with E-state index in [1.807, 2.05) is 66.5 Å². The predicted molar refractivity (Wildman–Crippen MR) is 85.3 cm³/mol. The highest BCUT2D eigenvalue weighted by molar-refractivity contribution is 5.81. The number of nitrogens with one attached hydrogen (secondary N) is 1. The van der Waals surface area contributed by atoms with E-state index < -0.39 is 0 Å². The first-order valence-electron chi connectivity index (χ1n) is 6.67. The summed E-state index contributed by atoms with van der Waals surface area (Å²) in [4.78, 5) is 6.44. The molecule has 21 heavy (non-hydrogen) atoms. The van der Waals surface area contributed by atoms with Gasteiger partial charge < -0.3 is 9.64 Å². The van der Waals surface area contributed by atoms with Crippen molar-refractivity contribution < 1.29 is 4.74 Å². The van der Waals surface area contributed by atoms with Crippen LogP contribution >= 0.6 is 0 Å². The summed E-state index contributed by atoms with van der Waals surface area (Å²) >= 11 is 0. The Morgan fingerprint density at radius 2 is 1.95 bits per heavy atom. The Bertz CT molecular complexity index is 598. The lowest BCUT2D eigenvalue weighted by Crippen LogP contribution is -2.42. The maximum Gasteiger partial charge on any atom is 0.213 e. The molecule has 0 atom stereocenters. The Labute approximate surface area is 125 Å². The van der Waals surface area contributed by atoms with Crippen molar-refractivity contribution in [2.75, 3.05) is 14.2 Å². The quantitative estimate of drug-likeness (QED) is 0.391. The molecule has 0 aromatic heterocycles. The van der Waals surface area contributed by atoms with E-state index in [2.05, 4.69) is 10.4 Å². The molecular formula is C16H20N4O. The third-order valence-electron chi connectivity index (χ3n) is 3.04. The third kappa shape index (κ3) is 4.22. The Balaban J connectivity index is 2.13. The number of ether oxygens (including phenoxy) is 1. The van der Waals surface area contributed by atoms with Gasteiger partial charge in [0.05, 0.1) is 12.8 Å². The minimum absolute atomic E-state index is 0.601. The second kappa shape index (κ2) is 7.31. The third-order valence-corrected chi connectivity index (χ3v) is 3.04. The second-order valence-electron chi connectivity index (χ2n) is 4.62. The van der Waals surface area contributed by atoms with Gasteiger partial charge in [-0.15, -0.1) is 0 Å².